The predicted octanol–water partition coefficient (Wildman–Crippen LogP) is 4.56. The maximum Gasteiger partial charge on any atom is 0.180 e. The van der Waals surface area contributed by atoms with Crippen LogP contribution in [0.3, 0.4) is 0 Å². The first-order valence-corrected chi connectivity index (χ1v) is 8.91. The number of fused-ring (bicyclic) bond motifs is 1. The largest absolute Gasteiger partial charge is 0.492 e. The summed E-state index contributed by atoms with van der Waals surface area (Å²) in [6, 6.07) is 19.7. The normalized spacial score (nSPS) is 10.9. The van der Waals surface area contributed by atoms with Crippen LogP contribution in [0.5, 0.6) is 11.5 Å². The average molecular weight is 359 g/mol. The third-order valence-electron chi connectivity index (χ3n) is 4.29. The van der Waals surface area contributed by atoms with Crippen molar-refractivity contribution < 1.29 is 9.47 Å². The van der Waals surface area contributed by atoms with Crippen molar-refractivity contribution in [3.05, 3.63) is 78.6 Å². The van der Waals surface area contributed by atoms with Crippen molar-refractivity contribution >= 4 is 11.3 Å². The first-order valence-electron chi connectivity index (χ1n) is 8.91. The first kappa shape index (κ1) is 17.0. The van der Waals surface area contributed by atoms with Gasteiger partial charge in [0.25, 0.3) is 0 Å². The lowest BCUT2D eigenvalue weighted by Gasteiger charge is -2.07. The van der Waals surface area contributed by atoms with E-state index in [-0.39, 0.29) is 0 Å². The Morgan fingerprint density at radius 3 is 2.59 bits per heavy atom. The molecule has 0 aliphatic carbocycles. The van der Waals surface area contributed by atoms with E-state index in [0.29, 0.717) is 24.7 Å². The molecule has 0 atom stereocenters. The molecule has 2 aromatic carbocycles. The minimum atomic E-state index is 0.499. The fourth-order valence-corrected chi connectivity index (χ4v) is 2.97. The van der Waals surface area contributed by atoms with Gasteiger partial charge in [-0.2, -0.15) is 0 Å². The Balaban J connectivity index is 1.63. The summed E-state index contributed by atoms with van der Waals surface area (Å²) in [4.78, 5) is 4.75. The molecule has 0 saturated heterocycles. The number of hydrogen-bond acceptors (Lipinski definition) is 4. The number of imidazole rings is 1. The van der Waals surface area contributed by atoms with E-state index in [1.165, 1.54) is 0 Å². The number of rotatable bonds is 6. The van der Waals surface area contributed by atoms with Crippen LogP contribution in [-0.2, 0) is 6.61 Å². The zero-order chi connectivity index (χ0) is 18.6. The van der Waals surface area contributed by atoms with Crippen molar-refractivity contribution in [3.63, 3.8) is 0 Å². The van der Waals surface area contributed by atoms with Crippen LogP contribution in [0, 0.1) is 0 Å². The molecule has 0 unspecified atom stereocenters. The Kier molecular flexibility index (Phi) is 4.66. The van der Waals surface area contributed by atoms with Gasteiger partial charge in [-0.3, -0.25) is 0 Å². The van der Waals surface area contributed by atoms with Gasteiger partial charge < -0.3 is 19.6 Å². The molecule has 0 radical (unpaired) electrons. The fourth-order valence-electron chi connectivity index (χ4n) is 2.97. The van der Waals surface area contributed by atoms with Gasteiger partial charge in [-0.05, 0) is 42.8 Å². The fraction of sp³-hybridized carbons (Fsp3) is 0.136. The highest BCUT2D eigenvalue weighted by Gasteiger charge is 2.11. The quantitative estimate of drug-likeness (QED) is 0.513. The van der Waals surface area contributed by atoms with Gasteiger partial charge in [0, 0.05) is 18.0 Å². The number of hydrogen-bond donors (Lipinski definition) is 1. The maximum absolute atomic E-state index is 6.10. The van der Waals surface area contributed by atoms with Crippen molar-refractivity contribution in [1.82, 2.24) is 9.38 Å². The highest BCUT2D eigenvalue weighted by molar-refractivity contribution is 5.71. The number of ether oxygens (including phenoxy) is 2. The van der Waals surface area contributed by atoms with Crippen LogP contribution in [0.4, 0.5) is 5.69 Å². The van der Waals surface area contributed by atoms with E-state index < -0.39 is 0 Å². The SMILES string of the molecule is CCOc1ccc(-c2cn3cccc(OCc4ccccc4)c3n2)cc1N. The maximum atomic E-state index is 6.10. The molecular weight excluding hydrogens is 338 g/mol. The molecule has 27 heavy (non-hydrogen) atoms. The van der Waals surface area contributed by atoms with E-state index in [9.17, 15) is 0 Å². The standard InChI is InChI=1S/C22H21N3O2/c1-2-26-20-11-10-17(13-18(20)23)19-14-25-12-6-9-21(22(25)24-19)27-15-16-7-4-3-5-8-16/h3-14H,2,15,23H2,1H3. The van der Waals surface area contributed by atoms with Crippen LogP contribution in [0.15, 0.2) is 73.1 Å². The van der Waals surface area contributed by atoms with Gasteiger partial charge in [0.1, 0.15) is 12.4 Å². The molecule has 5 nitrogen and oxygen atoms in total. The van der Waals surface area contributed by atoms with Crippen molar-refractivity contribution in [2.24, 2.45) is 0 Å². The highest BCUT2D eigenvalue weighted by atomic mass is 16.5. The summed E-state index contributed by atoms with van der Waals surface area (Å²) in [6.45, 7) is 3.02. The summed E-state index contributed by atoms with van der Waals surface area (Å²) in [6.07, 6.45) is 3.93. The Hall–Kier alpha value is -3.47. The second-order valence-corrected chi connectivity index (χ2v) is 6.19. The van der Waals surface area contributed by atoms with Gasteiger partial charge in [-0.25, -0.2) is 4.98 Å². The van der Waals surface area contributed by atoms with Crippen molar-refractivity contribution in [1.29, 1.82) is 0 Å². The topological polar surface area (TPSA) is 61.8 Å². The van der Waals surface area contributed by atoms with Crippen LogP contribution in [0.1, 0.15) is 12.5 Å². The lowest BCUT2D eigenvalue weighted by atomic mass is 10.1. The number of anilines is 1. The second-order valence-electron chi connectivity index (χ2n) is 6.19. The molecule has 2 N–H and O–H groups in total. The first-order chi connectivity index (χ1) is 13.2. The predicted molar refractivity (Wildman–Crippen MR) is 107 cm³/mol. The molecule has 0 aliphatic heterocycles. The van der Waals surface area contributed by atoms with E-state index in [1.54, 1.807) is 0 Å². The molecule has 0 aliphatic rings. The molecule has 4 rings (SSSR count). The van der Waals surface area contributed by atoms with Crippen molar-refractivity contribution in [3.8, 4) is 22.8 Å². The number of aromatic nitrogens is 2. The molecule has 0 amide bonds. The van der Waals surface area contributed by atoms with Gasteiger partial charge in [0.2, 0.25) is 0 Å². The molecule has 0 saturated carbocycles. The third kappa shape index (κ3) is 3.58. The molecule has 0 fully saturated rings. The summed E-state index contributed by atoms with van der Waals surface area (Å²) in [5.74, 6) is 1.43. The summed E-state index contributed by atoms with van der Waals surface area (Å²) in [7, 11) is 0. The smallest absolute Gasteiger partial charge is 0.180 e. The number of nitrogens with two attached hydrogens (primary N) is 1. The summed E-state index contributed by atoms with van der Waals surface area (Å²) < 4.78 is 13.5. The highest BCUT2D eigenvalue weighted by Crippen LogP contribution is 2.30. The average Bonchev–Trinajstić information content (AvgIpc) is 3.14. The summed E-state index contributed by atoms with van der Waals surface area (Å²) in [5.41, 5.74) is 10.4. The lowest BCUT2D eigenvalue weighted by molar-refractivity contribution is 0.308. The van der Waals surface area contributed by atoms with Crippen LogP contribution < -0.4 is 15.2 Å². The van der Waals surface area contributed by atoms with E-state index in [1.807, 2.05) is 84.4 Å². The van der Waals surface area contributed by atoms with Crippen LogP contribution in [-0.4, -0.2) is 16.0 Å². The molecular formula is C22H21N3O2. The molecule has 2 aromatic heterocycles. The van der Waals surface area contributed by atoms with Crippen LogP contribution in [0.2, 0.25) is 0 Å². The van der Waals surface area contributed by atoms with E-state index >= 15 is 0 Å². The van der Waals surface area contributed by atoms with Crippen LogP contribution in [0.25, 0.3) is 16.9 Å². The number of nitrogens with zero attached hydrogens (tertiary/aromatic N) is 2. The van der Waals surface area contributed by atoms with Gasteiger partial charge >= 0.3 is 0 Å². The van der Waals surface area contributed by atoms with Gasteiger partial charge in [-0.15, -0.1) is 0 Å². The minimum absolute atomic E-state index is 0.499. The van der Waals surface area contributed by atoms with Gasteiger partial charge in [0.05, 0.1) is 18.0 Å². The van der Waals surface area contributed by atoms with E-state index in [4.69, 9.17) is 20.2 Å². The van der Waals surface area contributed by atoms with Crippen molar-refractivity contribution in [2.45, 2.75) is 13.5 Å². The van der Waals surface area contributed by atoms with Gasteiger partial charge in [0.15, 0.2) is 11.4 Å². The molecule has 0 spiro atoms. The van der Waals surface area contributed by atoms with Crippen molar-refractivity contribution in [2.75, 3.05) is 12.3 Å². The Labute approximate surface area is 158 Å². The lowest BCUT2D eigenvalue weighted by Crippen LogP contribution is -1.97. The molecule has 4 aromatic rings. The third-order valence-corrected chi connectivity index (χ3v) is 4.29. The summed E-state index contributed by atoms with van der Waals surface area (Å²) >= 11 is 0. The zero-order valence-electron chi connectivity index (χ0n) is 15.1. The van der Waals surface area contributed by atoms with E-state index in [2.05, 4.69) is 0 Å². The number of nitrogen functional groups attached to an aromatic ring is 1. The number of pyridine rings is 1. The Morgan fingerprint density at radius 1 is 0.963 bits per heavy atom. The summed E-state index contributed by atoms with van der Waals surface area (Å²) in [5, 5.41) is 0. The molecule has 136 valence electrons. The molecule has 5 heteroatoms. The van der Waals surface area contributed by atoms with E-state index in [0.717, 1.165) is 28.2 Å². The second kappa shape index (κ2) is 7.41. The number of benzene rings is 2. The zero-order valence-corrected chi connectivity index (χ0v) is 15.1. The Bertz CT molecular complexity index is 1060. The minimum Gasteiger partial charge on any atom is -0.492 e. The molecule has 0 bridgehead atoms. The Morgan fingerprint density at radius 2 is 1.81 bits per heavy atom. The molecule has 2 heterocycles. The van der Waals surface area contributed by atoms with Gasteiger partial charge in [-0.1, -0.05) is 30.3 Å². The monoisotopic (exact) mass is 359 g/mol. The van der Waals surface area contributed by atoms with Crippen LogP contribution >= 0.6 is 0 Å².